The Morgan fingerprint density at radius 3 is 2.09 bits per heavy atom. The van der Waals surface area contributed by atoms with Crippen molar-refractivity contribution in [1.82, 2.24) is 5.32 Å². The first-order valence-electron chi connectivity index (χ1n) is 7.08. The van der Waals surface area contributed by atoms with Crippen LogP contribution in [0.25, 0.3) is 0 Å². The second kappa shape index (κ2) is 5.98. The monoisotopic (exact) mass is 323 g/mol. The lowest BCUT2D eigenvalue weighted by molar-refractivity contribution is -0.147. The number of hydrogen-bond donors (Lipinski definition) is 3. The maximum atomic E-state index is 12.3. The fourth-order valence-electron chi connectivity index (χ4n) is 2.30. The lowest BCUT2D eigenvalue weighted by Crippen LogP contribution is -2.46. The van der Waals surface area contributed by atoms with Crippen molar-refractivity contribution in [1.29, 1.82) is 0 Å². The number of carboxylic acids is 2. The number of carboxylic acid groups (broad SMARTS) is 2. The first-order valence-corrected chi connectivity index (χ1v) is 7.08. The predicted molar refractivity (Wildman–Crippen MR) is 81.6 cm³/mol. The molecule has 0 aromatic heterocycles. The molecule has 3 N–H and O–H groups in total. The number of carbonyl (C=O) groups excluding carboxylic acids is 2. The fourth-order valence-corrected chi connectivity index (χ4v) is 2.30. The van der Waals surface area contributed by atoms with Gasteiger partial charge in [-0.15, -0.1) is 0 Å². The summed E-state index contributed by atoms with van der Waals surface area (Å²) in [6.07, 6.45) is 2.37. The number of allylic oxidation sites excluding steroid dienone is 1. The molecule has 0 saturated heterocycles. The van der Waals surface area contributed by atoms with Gasteiger partial charge in [-0.2, -0.15) is 0 Å². The van der Waals surface area contributed by atoms with Crippen LogP contribution in [-0.2, 0) is 19.2 Å². The van der Waals surface area contributed by atoms with Gasteiger partial charge in [0.05, 0.1) is 11.0 Å². The molecule has 2 unspecified atom stereocenters. The molecule has 0 fully saturated rings. The van der Waals surface area contributed by atoms with Crippen molar-refractivity contribution in [2.45, 2.75) is 40.2 Å². The van der Waals surface area contributed by atoms with E-state index in [2.05, 4.69) is 5.32 Å². The van der Waals surface area contributed by atoms with E-state index in [4.69, 9.17) is 0 Å². The lowest BCUT2D eigenvalue weighted by Gasteiger charge is -2.33. The molecule has 1 aliphatic carbocycles. The van der Waals surface area contributed by atoms with Gasteiger partial charge in [0.25, 0.3) is 11.7 Å². The Labute approximate surface area is 134 Å². The van der Waals surface area contributed by atoms with Gasteiger partial charge in [-0.05, 0) is 27.7 Å². The molecule has 1 amide bonds. The Hall–Kier alpha value is -2.44. The van der Waals surface area contributed by atoms with Gasteiger partial charge in [0, 0.05) is 17.0 Å². The molecule has 1 rings (SSSR count). The fraction of sp³-hybridized carbons (Fsp3) is 0.500. The number of rotatable bonds is 4. The van der Waals surface area contributed by atoms with E-state index in [1.54, 1.807) is 20.8 Å². The van der Waals surface area contributed by atoms with E-state index >= 15 is 0 Å². The minimum absolute atomic E-state index is 0.287. The topological polar surface area (TPSA) is 121 Å². The van der Waals surface area contributed by atoms with E-state index in [1.165, 1.54) is 19.9 Å². The number of hydrogen-bond acceptors (Lipinski definition) is 4. The highest BCUT2D eigenvalue weighted by Crippen LogP contribution is 2.40. The molecular formula is C16H21NO6. The third kappa shape index (κ3) is 3.67. The van der Waals surface area contributed by atoms with Crippen LogP contribution in [0.3, 0.4) is 0 Å². The number of carbonyl (C=O) groups is 4. The highest BCUT2D eigenvalue weighted by Gasteiger charge is 2.45. The molecule has 7 heteroatoms. The smallest absolute Gasteiger partial charge is 0.332 e. The summed E-state index contributed by atoms with van der Waals surface area (Å²) in [5.74, 6) is -5.51. The Morgan fingerprint density at radius 1 is 1.17 bits per heavy atom. The van der Waals surface area contributed by atoms with E-state index in [-0.39, 0.29) is 11.1 Å². The van der Waals surface area contributed by atoms with Crippen LogP contribution in [0.15, 0.2) is 23.3 Å². The van der Waals surface area contributed by atoms with Gasteiger partial charge in [-0.1, -0.05) is 19.1 Å². The number of nitrogens with one attached hydrogen (secondary N) is 1. The van der Waals surface area contributed by atoms with Crippen molar-refractivity contribution < 1.29 is 29.4 Å². The summed E-state index contributed by atoms with van der Waals surface area (Å²) in [5.41, 5.74) is -2.77. The summed E-state index contributed by atoms with van der Waals surface area (Å²) in [6.45, 7) is 7.84. The highest BCUT2D eigenvalue weighted by atomic mass is 16.4. The number of amides is 1. The van der Waals surface area contributed by atoms with E-state index in [1.807, 2.05) is 0 Å². The maximum absolute atomic E-state index is 12.3. The predicted octanol–water partition coefficient (Wildman–Crippen LogP) is 1.15. The van der Waals surface area contributed by atoms with Crippen molar-refractivity contribution in [2.75, 3.05) is 0 Å². The zero-order chi connectivity index (χ0) is 18.2. The van der Waals surface area contributed by atoms with Gasteiger partial charge >= 0.3 is 11.9 Å². The molecule has 7 nitrogen and oxygen atoms in total. The number of aliphatic carboxylic acids is 2. The second-order valence-electron chi connectivity index (χ2n) is 6.81. The molecule has 1 aliphatic rings. The summed E-state index contributed by atoms with van der Waals surface area (Å²) >= 11 is 0. The van der Waals surface area contributed by atoms with E-state index in [0.717, 1.165) is 6.08 Å². The summed E-state index contributed by atoms with van der Waals surface area (Å²) in [4.78, 5) is 47.2. The molecule has 0 saturated carbocycles. The summed E-state index contributed by atoms with van der Waals surface area (Å²) in [7, 11) is 0. The molecule has 23 heavy (non-hydrogen) atoms. The average Bonchev–Trinajstić information content (AvgIpc) is 2.38. The zero-order valence-electron chi connectivity index (χ0n) is 13.8. The first kappa shape index (κ1) is 18.6. The summed E-state index contributed by atoms with van der Waals surface area (Å²) in [5, 5.41) is 21.2. The number of ketones is 1. The first-order chi connectivity index (χ1) is 10.3. The van der Waals surface area contributed by atoms with Crippen LogP contribution in [0.1, 0.15) is 34.6 Å². The molecule has 0 radical (unpaired) electrons. The molecule has 0 spiro atoms. The van der Waals surface area contributed by atoms with Gasteiger partial charge in [-0.3, -0.25) is 14.4 Å². The molecule has 0 aromatic carbocycles. The van der Waals surface area contributed by atoms with Crippen LogP contribution in [0.2, 0.25) is 0 Å². The Bertz CT molecular complexity index is 637. The minimum atomic E-state index is -1.46. The van der Waals surface area contributed by atoms with Crippen LogP contribution in [0.5, 0.6) is 0 Å². The molecule has 2 atom stereocenters. The molecule has 0 aromatic rings. The van der Waals surface area contributed by atoms with Crippen molar-refractivity contribution >= 4 is 23.6 Å². The SMILES string of the molecule is CC1C(C(=O)O)=C(C(=O)C(=O)NC(C)(C)C)C=CC1(C)C(=O)O. The molecule has 0 heterocycles. The van der Waals surface area contributed by atoms with E-state index in [9.17, 15) is 29.4 Å². The highest BCUT2D eigenvalue weighted by molar-refractivity contribution is 6.44. The van der Waals surface area contributed by atoms with E-state index in [0.29, 0.717) is 0 Å². The maximum Gasteiger partial charge on any atom is 0.332 e. The number of Topliss-reactive ketones (excluding diaryl/α,β-unsaturated/α-hetero) is 1. The molecule has 0 aliphatic heterocycles. The lowest BCUT2D eigenvalue weighted by atomic mass is 9.69. The van der Waals surface area contributed by atoms with Gasteiger partial charge < -0.3 is 15.5 Å². The van der Waals surface area contributed by atoms with E-state index < -0.39 is 40.5 Å². The zero-order valence-corrected chi connectivity index (χ0v) is 13.8. The largest absolute Gasteiger partial charge is 0.481 e. The van der Waals surface area contributed by atoms with Crippen LogP contribution in [-0.4, -0.2) is 39.4 Å². The van der Waals surface area contributed by atoms with Gasteiger partial charge in [0.1, 0.15) is 0 Å². The third-order valence-electron chi connectivity index (χ3n) is 3.85. The van der Waals surface area contributed by atoms with Gasteiger partial charge in [0.15, 0.2) is 0 Å². The summed E-state index contributed by atoms with van der Waals surface area (Å²) in [6, 6.07) is 0. The standard InChI is InChI=1S/C16H21NO6/c1-8-10(13(20)21)9(6-7-16(8,5)14(22)23)11(18)12(19)17-15(2,3)4/h6-8H,1-5H3,(H,17,19)(H,20,21)(H,22,23). The summed E-state index contributed by atoms with van der Waals surface area (Å²) < 4.78 is 0. The van der Waals surface area contributed by atoms with Crippen LogP contribution in [0.4, 0.5) is 0 Å². The Morgan fingerprint density at radius 2 is 1.70 bits per heavy atom. The molecule has 0 bridgehead atoms. The second-order valence-corrected chi connectivity index (χ2v) is 6.81. The van der Waals surface area contributed by atoms with Gasteiger partial charge in [0.2, 0.25) is 0 Å². The minimum Gasteiger partial charge on any atom is -0.481 e. The third-order valence-corrected chi connectivity index (χ3v) is 3.85. The van der Waals surface area contributed by atoms with Crippen molar-refractivity contribution in [3.63, 3.8) is 0 Å². The normalized spacial score (nSPS) is 24.3. The molecular weight excluding hydrogens is 302 g/mol. The Kier molecular flexibility index (Phi) is 4.84. The molecule has 126 valence electrons. The average molecular weight is 323 g/mol. The van der Waals surface area contributed by atoms with Crippen molar-refractivity contribution in [3.05, 3.63) is 23.3 Å². The Balaban J connectivity index is 3.33. The van der Waals surface area contributed by atoms with Crippen LogP contribution >= 0.6 is 0 Å². The van der Waals surface area contributed by atoms with Crippen molar-refractivity contribution in [3.8, 4) is 0 Å². The quantitative estimate of drug-likeness (QED) is 0.667. The van der Waals surface area contributed by atoms with Gasteiger partial charge in [-0.25, -0.2) is 4.79 Å². The van der Waals surface area contributed by atoms with Crippen LogP contribution < -0.4 is 5.32 Å². The van der Waals surface area contributed by atoms with Crippen LogP contribution in [0, 0.1) is 11.3 Å². The van der Waals surface area contributed by atoms with Crippen molar-refractivity contribution in [2.24, 2.45) is 11.3 Å².